The van der Waals surface area contributed by atoms with E-state index in [0.717, 1.165) is 4.57 Å². The van der Waals surface area contributed by atoms with Crippen molar-refractivity contribution in [3.63, 3.8) is 0 Å². The summed E-state index contributed by atoms with van der Waals surface area (Å²) in [6, 6.07) is 12.3. The predicted molar refractivity (Wildman–Crippen MR) is 76.7 cm³/mol. The Hall–Kier alpha value is -1.33. The Labute approximate surface area is 152 Å². The first-order valence-corrected chi connectivity index (χ1v) is 6.35. The summed E-state index contributed by atoms with van der Waals surface area (Å²) in [6.07, 6.45) is -0.980. The molecular weight excluding hydrogens is 365 g/mol. The van der Waals surface area contributed by atoms with Gasteiger partial charge in [0.15, 0.2) is 5.56 Å². The van der Waals surface area contributed by atoms with Crippen LogP contribution in [0.5, 0.6) is 5.75 Å². The van der Waals surface area contributed by atoms with Gasteiger partial charge in [-0.15, -0.1) is 12.1 Å². The summed E-state index contributed by atoms with van der Waals surface area (Å²) in [6.45, 7) is 3.28. The van der Waals surface area contributed by atoms with E-state index in [1.165, 1.54) is 12.1 Å². The SMILES string of the molecule is C=CCOc1ccc(-c2[c-]ccc(=O)n2CC(F)F)cc1.[Y]. The maximum Gasteiger partial charge on any atom is 0.256 e. The summed E-state index contributed by atoms with van der Waals surface area (Å²) < 4.78 is 31.6. The smallest absolute Gasteiger partial charge is 0.256 e. The zero-order chi connectivity index (χ0) is 15.2. The van der Waals surface area contributed by atoms with Gasteiger partial charge in [0.05, 0.1) is 6.54 Å². The normalized spacial score (nSPS) is 10.1. The molecular formula is C16H14F2NO2Y-. The van der Waals surface area contributed by atoms with Crippen LogP contribution in [0.3, 0.4) is 0 Å². The molecule has 0 saturated heterocycles. The second-order valence-electron chi connectivity index (χ2n) is 4.29. The van der Waals surface area contributed by atoms with Crippen LogP contribution in [0.25, 0.3) is 11.3 Å². The summed E-state index contributed by atoms with van der Waals surface area (Å²) >= 11 is 0. The molecule has 0 aliphatic carbocycles. The van der Waals surface area contributed by atoms with Crippen molar-refractivity contribution >= 4 is 0 Å². The molecule has 0 aliphatic heterocycles. The van der Waals surface area contributed by atoms with E-state index in [9.17, 15) is 13.6 Å². The minimum Gasteiger partial charge on any atom is -0.490 e. The number of hydrogen-bond donors (Lipinski definition) is 0. The van der Waals surface area contributed by atoms with E-state index in [-0.39, 0.29) is 32.7 Å². The van der Waals surface area contributed by atoms with Crippen molar-refractivity contribution in [3.05, 3.63) is 65.5 Å². The minimum atomic E-state index is -2.60. The number of nitrogens with zero attached hydrogens (tertiary/aromatic N) is 1. The fourth-order valence-corrected chi connectivity index (χ4v) is 1.89. The molecule has 0 atom stereocenters. The van der Waals surface area contributed by atoms with Crippen molar-refractivity contribution in [2.45, 2.75) is 13.0 Å². The maximum absolute atomic E-state index is 12.6. The number of benzene rings is 1. The van der Waals surface area contributed by atoms with Crippen LogP contribution in [0, 0.1) is 6.07 Å². The van der Waals surface area contributed by atoms with Gasteiger partial charge < -0.3 is 9.30 Å². The van der Waals surface area contributed by atoms with Gasteiger partial charge in [0.1, 0.15) is 12.4 Å². The largest absolute Gasteiger partial charge is 0.490 e. The van der Waals surface area contributed by atoms with E-state index in [0.29, 0.717) is 23.6 Å². The van der Waals surface area contributed by atoms with Crippen LogP contribution in [-0.2, 0) is 39.3 Å². The molecule has 0 saturated carbocycles. The quantitative estimate of drug-likeness (QED) is 0.571. The first-order valence-electron chi connectivity index (χ1n) is 6.35. The molecule has 2 aromatic rings. The molecule has 0 N–H and O–H groups in total. The number of aromatic nitrogens is 1. The van der Waals surface area contributed by atoms with E-state index in [2.05, 4.69) is 12.6 Å². The van der Waals surface area contributed by atoms with Gasteiger partial charge in [-0.3, -0.25) is 4.79 Å². The number of ether oxygens (including phenoxy) is 1. The Morgan fingerprint density at radius 2 is 1.95 bits per heavy atom. The Balaban J connectivity index is 0.00000242. The first kappa shape index (κ1) is 18.7. The first-order chi connectivity index (χ1) is 10.1. The van der Waals surface area contributed by atoms with Gasteiger partial charge in [0.2, 0.25) is 0 Å². The molecule has 0 fully saturated rings. The fourth-order valence-electron chi connectivity index (χ4n) is 1.89. The van der Waals surface area contributed by atoms with E-state index >= 15 is 0 Å². The van der Waals surface area contributed by atoms with Crippen molar-refractivity contribution in [3.8, 4) is 17.0 Å². The monoisotopic (exact) mass is 379 g/mol. The van der Waals surface area contributed by atoms with Gasteiger partial charge in [-0.2, -0.15) is 12.1 Å². The molecule has 0 bridgehead atoms. The third-order valence-corrected chi connectivity index (χ3v) is 2.80. The average Bonchev–Trinajstić information content (AvgIpc) is 2.47. The number of halogens is 2. The van der Waals surface area contributed by atoms with Crippen LogP contribution < -0.4 is 10.3 Å². The van der Waals surface area contributed by atoms with Gasteiger partial charge >= 0.3 is 0 Å². The van der Waals surface area contributed by atoms with E-state index in [1.54, 1.807) is 30.3 Å². The maximum atomic E-state index is 12.6. The second-order valence-corrected chi connectivity index (χ2v) is 4.29. The van der Waals surface area contributed by atoms with Crippen molar-refractivity contribution in [1.29, 1.82) is 0 Å². The van der Waals surface area contributed by atoms with Crippen molar-refractivity contribution in [1.82, 2.24) is 4.57 Å². The van der Waals surface area contributed by atoms with Gasteiger partial charge in [-0.05, 0) is 12.1 Å². The predicted octanol–water partition coefficient (Wildman–Crippen LogP) is 3.14. The fraction of sp³-hybridized carbons (Fsp3) is 0.188. The molecule has 0 spiro atoms. The summed E-state index contributed by atoms with van der Waals surface area (Å²) in [5.74, 6) is 0.636. The van der Waals surface area contributed by atoms with E-state index in [1.807, 2.05) is 0 Å². The zero-order valence-corrected chi connectivity index (χ0v) is 14.7. The Morgan fingerprint density at radius 3 is 2.55 bits per heavy atom. The summed E-state index contributed by atoms with van der Waals surface area (Å²) in [7, 11) is 0. The summed E-state index contributed by atoms with van der Waals surface area (Å²) in [5, 5.41) is 0. The Bertz CT molecular complexity index is 669. The molecule has 3 nitrogen and oxygen atoms in total. The van der Waals surface area contributed by atoms with Gasteiger partial charge in [0.25, 0.3) is 6.43 Å². The molecule has 1 aromatic heterocycles. The number of hydrogen-bond acceptors (Lipinski definition) is 2. The molecule has 2 rings (SSSR count). The topological polar surface area (TPSA) is 31.2 Å². The molecule has 1 heterocycles. The summed E-state index contributed by atoms with van der Waals surface area (Å²) in [5.41, 5.74) is 0.480. The van der Waals surface area contributed by atoms with Crippen LogP contribution in [0.15, 0.2) is 53.8 Å². The molecule has 0 aliphatic rings. The molecule has 22 heavy (non-hydrogen) atoms. The van der Waals surface area contributed by atoms with Crippen LogP contribution in [0.1, 0.15) is 0 Å². The molecule has 0 amide bonds. The van der Waals surface area contributed by atoms with Crippen LogP contribution >= 0.6 is 0 Å². The molecule has 0 unspecified atom stereocenters. The number of rotatable bonds is 6. The van der Waals surface area contributed by atoms with Crippen molar-refractivity contribution < 1.29 is 46.2 Å². The van der Waals surface area contributed by atoms with E-state index in [4.69, 9.17) is 4.74 Å². The van der Waals surface area contributed by atoms with Crippen LogP contribution in [0.2, 0.25) is 0 Å². The van der Waals surface area contributed by atoms with Crippen molar-refractivity contribution in [2.75, 3.05) is 6.61 Å². The molecule has 1 aromatic carbocycles. The van der Waals surface area contributed by atoms with Crippen LogP contribution in [0.4, 0.5) is 8.78 Å². The minimum absolute atomic E-state index is 0. The number of alkyl halides is 2. The third kappa shape index (κ3) is 4.85. The average molecular weight is 379 g/mol. The zero-order valence-electron chi connectivity index (χ0n) is 11.8. The second kappa shape index (κ2) is 8.96. The van der Waals surface area contributed by atoms with E-state index < -0.39 is 18.5 Å². The number of pyridine rings is 1. The Morgan fingerprint density at radius 1 is 1.27 bits per heavy atom. The molecule has 1 radical (unpaired) electrons. The standard InChI is InChI=1S/C16H14F2NO2.Y/c1-2-10-21-13-8-6-12(7-9-13)14-4-3-5-16(20)19(14)11-15(17)18;/h2-3,5-9,15H,1,10-11H2;/q-1;. The molecule has 6 heteroatoms. The Kier molecular flexibility index (Phi) is 7.62. The third-order valence-electron chi connectivity index (χ3n) is 2.80. The van der Waals surface area contributed by atoms with Gasteiger partial charge in [-0.1, -0.05) is 30.0 Å². The van der Waals surface area contributed by atoms with Crippen molar-refractivity contribution in [2.24, 2.45) is 0 Å². The summed E-state index contributed by atoms with van der Waals surface area (Å²) in [4.78, 5) is 11.7. The van der Waals surface area contributed by atoms with Gasteiger partial charge in [-0.25, -0.2) is 8.78 Å². The van der Waals surface area contributed by atoms with Gasteiger partial charge in [0, 0.05) is 32.7 Å². The van der Waals surface area contributed by atoms with Crippen LogP contribution in [-0.4, -0.2) is 17.6 Å². The molecule has 113 valence electrons.